The van der Waals surface area contributed by atoms with E-state index in [9.17, 15) is 29.5 Å². The molecule has 0 aliphatic rings. The second-order valence-electron chi connectivity index (χ2n) is 6.87. The van der Waals surface area contributed by atoms with Crippen LogP contribution in [-0.2, 0) is 19.1 Å². The van der Waals surface area contributed by atoms with Crippen LogP contribution < -0.4 is 5.32 Å². The van der Waals surface area contributed by atoms with Gasteiger partial charge in [0, 0.05) is 0 Å². The molecule has 170 valence electrons. The largest absolute Gasteiger partial charge is 0.478 e. The SMILES string of the molecule is N#Cc1ccccc1NC(=O)C(OC(=O)c1ccccc1)C(OC(=O)c1ccccc1)C(=O)O. The molecule has 34 heavy (non-hydrogen) atoms. The van der Waals surface area contributed by atoms with Crippen LogP contribution in [0.25, 0.3) is 0 Å². The highest BCUT2D eigenvalue weighted by molar-refractivity contribution is 6.02. The second-order valence-corrected chi connectivity index (χ2v) is 6.87. The van der Waals surface area contributed by atoms with E-state index >= 15 is 0 Å². The Morgan fingerprint density at radius 2 is 1.21 bits per heavy atom. The Balaban J connectivity index is 1.93. The molecule has 0 radical (unpaired) electrons. The van der Waals surface area contributed by atoms with Crippen molar-refractivity contribution in [3.8, 4) is 6.07 Å². The number of carboxylic acids is 1. The molecule has 0 aromatic heterocycles. The second kappa shape index (κ2) is 11.1. The number of esters is 2. The van der Waals surface area contributed by atoms with Gasteiger partial charge in [-0.05, 0) is 36.4 Å². The number of aliphatic carboxylic acids is 1. The van der Waals surface area contributed by atoms with E-state index in [1.807, 2.05) is 6.07 Å². The summed E-state index contributed by atoms with van der Waals surface area (Å²) in [5, 5.41) is 21.4. The van der Waals surface area contributed by atoms with Crippen LogP contribution in [0.15, 0.2) is 84.9 Å². The van der Waals surface area contributed by atoms with Crippen LogP contribution >= 0.6 is 0 Å². The lowest BCUT2D eigenvalue weighted by Gasteiger charge is -2.23. The number of amides is 1. The van der Waals surface area contributed by atoms with Gasteiger partial charge < -0.3 is 19.9 Å². The first kappa shape index (κ1) is 23.7. The molecule has 0 bridgehead atoms. The van der Waals surface area contributed by atoms with E-state index in [1.54, 1.807) is 48.5 Å². The summed E-state index contributed by atoms with van der Waals surface area (Å²) >= 11 is 0. The number of nitrogens with zero attached hydrogens (tertiary/aromatic N) is 1. The number of hydrogen-bond acceptors (Lipinski definition) is 7. The highest BCUT2D eigenvalue weighted by atomic mass is 16.6. The normalized spacial score (nSPS) is 11.9. The molecule has 0 fully saturated rings. The molecule has 0 saturated heterocycles. The fourth-order valence-corrected chi connectivity index (χ4v) is 2.90. The first-order valence-electron chi connectivity index (χ1n) is 9.95. The third-order valence-electron chi connectivity index (χ3n) is 4.57. The van der Waals surface area contributed by atoms with Gasteiger partial charge >= 0.3 is 17.9 Å². The molecule has 0 aliphatic carbocycles. The monoisotopic (exact) mass is 458 g/mol. The van der Waals surface area contributed by atoms with Gasteiger partial charge in [-0.2, -0.15) is 5.26 Å². The Hall–Kier alpha value is -4.97. The molecule has 2 unspecified atom stereocenters. The summed E-state index contributed by atoms with van der Waals surface area (Å²) in [5.41, 5.74) is 0.250. The molecule has 0 heterocycles. The average Bonchev–Trinajstić information content (AvgIpc) is 2.87. The van der Waals surface area contributed by atoms with Gasteiger partial charge in [0.2, 0.25) is 12.2 Å². The molecule has 3 aromatic carbocycles. The van der Waals surface area contributed by atoms with Crippen molar-refractivity contribution >= 4 is 29.5 Å². The number of carboxylic acid groups (broad SMARTS) is 1. The molecular weight excluding hydrogens is 440 g/mol. The zero-order valence-corrected chi connectivity index (χ0v) is 17.6. The Labute approximate surface area is 194 Å². The molecular formula is C25H18N2O7. The zero-order valence-electron chi connectivity index (χ0n) is 17.6. The minimum Gasteiger partial charge on any atom is -0.478 e. The number of ether oxygens (including phenoxy) is 2. The van der Waals surface area contributed by atoms with E-state index in [0.29, 0.717) is 0 Å². The van der Waals surface area contributed by atoms with Crippen LogP contribution in [0.5, 0.6) is 0 Å². The maximum atomic E-state index is 13.1. The van der Waals surface area contributed by atoms with Crippen LogP contribution in [0.4, 0.5) is 5.69 Å². The van der Waals surface area contributed by atoms with Crippen molar-refractivity contribution in [3.63, 3.8) is 0 Å². The molecule has 3 rings (SSSR count). The maximum absolute atomic E-state index is 13.1. The molecule has 0 spiro atoms. The Morgan fingerprint density at radius 1 is 0.735 bits per heavy atom. The number of carbonyl (C=O) groups excluding carboxylic acids is 3. The van der Waals surface area contributed by atoms with Crippen LogP contribution in [0, 0.1) is 11.3 Å². The number of anilines is 1. The number of nitrogens with one attached hydrogen (secondary N) is 1. The van der Waals surface area contributed by atoms with Gasteiger partial charge in [0.1, 0.15) is 6.07 Å². The van der Waals surface area contributed by atoms with E-state index in [-0.39, 0.29) is 22.4 Å². The molecule has 3 aromatic rings. The lowest BCUT2D eigenvalue weighted by Crippen LogP contribution is -2.48. The molecule has 1 amide bonds. The predicted octanol–water partition coefficient (Wildman–Crippen LogP) is 3.03. The minimum absolute atomic E-state index is 0.0390. The summed E-state index contributed by atoms with van der Waals surface area (Å²) in [6.07, 6.45) is -4.24. The number of nitriles is 1. The van der Waals surface area contributed by atoms with E-state index < -0.39 is 36.0 Å². The lowest BCUT2D eigenvalue weighted by atomic mass is 10.1. The van der Waals surface area contributed by atoms with Gasteiger partial charge in [0.25, 0.3) is 5.91 Å². The topological polar surface area (TPSA) is 143 Å². The van der Waals surface area contributed by atoms with Crippen molar-refractivity contribution in [1.29, 1.82) is 5.26 Å². The van der Waals surface area contributed by atoms with Crippen molar-refractivity contribution in [3.05, 3.63) is 102 Å². The maximum Gasteiger partial charge on any atom is 0.349 e. The van der Waals surface area contributed by atoms with E-state index in [4.69, 9.17) is 9.47 Å². The molecule has 9 nitrogen and oxygen atoms in total. The van der Waals surface area contributed by atoms with E-state index in [1.165, 1.54) is 36.4 Å². The van der Waals surface area contributed by atoms with Crippen molar-refractivity contribution in [1.82, 2.24) is 0 Å². The van der Waals surface area contributed by atoms with Gasteiger partial charge in [-0.25, -0.2) is 14.4 Å². The number of carbonyl (C=O) groups is 4. The van der Waals surface area contributed by atoms with Crippen LogP contribution in [0.2, 0.25) is 0 Å². The van der Waals surface area contributed by atoms with Crippen molar-refractivity contribution in [2.75, 3.05) is 5.32 Å². The predicted molar refractivity (Wildman–Crippen MR) is 119 cm³/mol. The summed E-state index contributed by atoms with van der Waals surface area (Å²) in [4.78, 5) is 50.2. The van der Waals surface area contributed by atoms with Gasteiger partial charge in [-0.1, -0.05) is 48.5 Å². The lowest BCUT2D eigenvalue weighted by molar-refractivity contribution is -0.157. The molecule has 2 atom stereocenters. The van der Waals surface area contributed by atoms with Crippen LogP contribution in [0.3, 0.4) is 0 Å². The van der Waals surface area contributed by atoms with Gasteiger partial charge in [0.15, 0.2) is 0 Å². The summed E-state index contributed by atoms with van der Waals surface area (Å²) in [7, 11) is 0. The van der Waals surface area contributed by atoms with E-state index in [2.05, 4.69) is 5.32 Å². The van der Waals surface area contributed by atoms with Crippen molar-refractivity contribution < 1.29 is 33.8 Å². The highest BCUT2D eigenvalue weighted by Gasteiger charge is 2.41. The summed E-state index contributed by atoms with van der Waals surface area (Å²) in [5.74, 6) is -4.84. The minimum atomic E-state index is -2.17. The smallest absolute Gasteiger partial charge is 0.349 e. The van der Waals surface area contributed by atoms with Crippen LogP contribution in [-0.4, -0.2) is 41.1 Å². The Morgan fingerprint density at radius 3 is 1.71 bits per heavy atom. The van der Waals surface area contributed by atoms with Crippen molar-refractivity contribution in [2.45, 2.75) is 12.2 Å². The third kappa shape index (κ3) is 5.83. The quantitative estimate of drug-likeness (QED) is 0.491. The van der Waals surface area contributed by atoms with Gasteiger partial charge in [-0.3, -0.25) is 4.79 Å². The fourth-order valence-electron chi connectivity index (χ4n) is 2.90. The first-order valence-corrected chi connectivity index (χ1v) is 9.95. The molecule has 2 N–H and O–H groups in total. The van der Waals surface area contributed by atoms with Crippen molar-refractivity contribution in [2.24, 2.45) is 0 Å². The van der Waals surface area contributed by atoms with Gasteiger partial charge in [-0.15, -0.1) is 0 Å². The number of hydrogen-bond donors (Lipinski definition) is 2. The number of rotatable bonds is 8. The fraction of sp³-hybridized carbons (Fsp3) is 0.0800. The summed E-state index contributed by atoms with van der Waals surface area (Å²) in [6.45, 7) is 0. The standard InChI is InChI=1S/C25H18N2O7/c26-15-18-13-7-8-14-19(18)27-22(28)20(33-24(31)16-9-3-1-4-10-16)21(23(29)30)34-25(32)17-11-5-2-6-12-17/h1-14,20-21H,(H,27,28)(H,29,30). The summed E-state index contributed by atoms with van der Waals surface area (Å²) < 4.78 is 10.3. The Bertz CT molecular complexity index is 1240. The first-order chi connectivity index (χ1) is 16.4. The zero-order chi connectivity index (χ0) is 24.5. The molecule has 0 saturated carbocycles. The average molecular weight is 458 g/mol. The highest BCUT2D eigenvalue weighted by Crippen LogP contribution is 2.18. The third-order valence-corrected chi connectivity index (χ3v) is 4.57. The molecule has 9 heteroatoms. The molecule has 0 aliphatic heterocycles. The van der Waals surface area contributed by atoms with E-state index in [0.717, 1.165) is 0 Å². The Kier molecular flexibility index (Phi) is 7.71. The number of benzene rings is 3. The summed E-state index contributed by atoms with van der Waals surface area (Å²) in [6, 6.07) is 23.0. The number of para-hydroxylation sites is 1. The van der Waals surface area contributed by atoms with Gasteiger partial charge in [0.05, 0.1) is 22.4 Å². The van der Waals surface area contributed by atoms with Crippen LogP contribution in [0.1, 0.15) is 26.3 Å².